The molecule has 2 N–H and O–H groups in total. The molecule has 0 saturated carbocycles. The second-order valence-electron chi connectivity index (χ2n) is 7.33. The zero-order chi connectivity index (χ0) is 22.5. The van der Waals surface area contributed by atoms with Gasteiger partial charge in [0.2, 0.25) is 5.88 Å². The fraction of sp³-hybridized carbons (Fsp3) is 0.160. The Morgan fingerprint density at radius 1 is 0.969 bits per heavy atom. The molecule has 0 saturated heterocycles. The van der Waals surface area contributed by atoms with Crippen LogP contribution in [0.3, 0.4) is 0 Å². The van der Waals surface area contributed by atoms with E-state index in [4.69, 9.17) is 4.74 Å². The number of hydrogen-bond acceptors (Lipinski definition) is 5. The first-order valence-electron chi connectivity index (χ1n) is 10.3. The number of benzene rings is 3. The van der Waals surface area contributed by atoms with E-state index in [0.717, 1.165) is 16.8 Å². The van der Waals surface area contributed by atoms with E-state index in [1.807, 2.05) is 55.5 Å². The molecule has 0 aliphatic rings. The van der Waals surface area contributed by atoms with Crippen molar-refractivity contribution in [1.29, 1.82) is 0 Å². The summed E-state index contributed by atoms with van der Waals surface area (Å²) < 4.78 is 7.58. The van der Waals surface area contributed by atoms with Gasteiger partial charge < -0.3 is 19.5 Å². The lowest BCUT2D eigenvalue weighted by atomic mass is 10.2. The number of ether oxygens (including phenoxy) is 1. The van der Waals surface area contributed by atoms with Gasteiger partial charge in [-0.2, -0.15) is 0 Å². The maximum Gasteiger partial charge on any atom is 0.299 e. The predicted molar refractivity (Wildman–Crippen MR) is 122 cm³/mol. The molecule has 1 amide bonds. The molecule has 4 aromatic rings. The second kappa shape index (κ2) is 9.34. The number of aryl methyl sites for hydroxylation is 2. The number of fused-ring (bicyclic) bond motifs is 1. The van der Waals surface area contributed by atoms with Crippen molar-refractivity contribution in [3.8, 4) is 17.4 Å². The Balaban J connectivity index is 1.53. The van der Waals surface area contributed by atoms with Crippen molar-refractivity contribution < 1.29 is 19.7 Å². The van der Waals surface area contributed by atoms with E-state index in [1.54, 1.807) is 16.7 Å². The highest BCUT2D eigenvalue weighted by molar-refractivity contribution is 5.98. The summed E-state index contributed by atoms with van der Waals surface area (Å²) in [6.07, 6.45) is 0.661. The number of para-hydroxylation sites is 3. The van der Waals surface area contributed by atoms with Gasteiger partial charge >= 0.3 is 0 Å². The molecule has 7 nitrogen and oxygen atoms in total. The molecule has 32 heavy (non-hydrogen) atoms. The molecule has 0 aliphatic carbocycles. The van der Waals surface area contributed by atoms with Crippen LogP contribution in [0, 0.1) is 6.92 Å². The first kappa shape index (κ1) is 21.1. The van der Waals surface area contributed by atoms with Crippen LogP contribution in [0.5, 0.6) is 17.4 Å². The lowest BCUT2D eigenvalue weighted by Gasteiger charge is -2.10. The summed E-state index contributed by atoms with van der Waals surface area (Å²) >= 11 is 0. The highest BCUT2D eigenvalue weighted by Gasteiger charge is 2.17. The van der Waals surface area contributed by atoms with Crippen molar-refractivity contribution in [1.82, 2.24) is 4.57 Å². The van der Waals surface area contributed by atoms with Crippen LogP contribution in [0.4, 0.5) is 5.69 Å². The smallest absolute Gasteiger partial charge is 0.299 e. The third-order valence-corrected chi connectivity index (χ3v) is 5.17. The number of aromatic nitrogens is 1. The molecule has 4 rings (SSSR count). The predicted octanol–water partition coefficient (Wildman–Crippen LogP) is 5.75. The van der Waals surface area contributed by atoms with Crippen LogP contribution >= 0.6 is 0 Å². The molecule has 0 spiro atoms. The molecule has 1 aromatic heterocycles. The minimum Gasteiger partial charge on any atom is -0.507 e. The van der Waals surface area contributed by atoms with Gasteiger partial charge in [0.05, 0.1) is 17.7 Å². The van der Waals surface area contributed by atoms with Crippen molar-refractivity contribution in [2.24, 2.45) is 10.2 Å². The number of nitrogens with zero attached hydrogens (tertiary/aromatic N) is 3. The number of amides is 1. The number of hydrogen-bond donors (Lipinski definition) is 2. The normalized spacial score (nSPS) is 11.3. The van der Waals surface area contributed by atoms with Crippen molar-refractivity contribution in [3.05, 3.63) is 83.9 Å². The zero-order valence-electron chi connectivity index (χ0n) is 17.6. The van der Waals surface area contributed by atoms with Gasteiger partial charge in [-0.3, -0.25) is 4.79 Å². The van der Waals surface area contributed by atoms with E-state index in [2.05, 4.69) is 10.2 Å². The minimum absolute atomic E-state index is 0.0489. The first-order valence-corrected chi connectivity index (χ1v) is 10.3. The van der Waals surface area contributed by atoms with Gasteiger partial charge in [-0.15, -0.1) is 10.2 Å². The Kier molecular flexibility index (Phi) is 6.17. The van der Waals surface area contributed by atoms with Crippen LogP contribution in [-0.2, 0) is 6.54 Å². The lowest BCUT2D eigenvalue weighted by molar-refractivity contribution is 0.0992. The quantitative estimate of drug-likeness (QED) is 0.289. The Bertz CT molecular complexity index is 1290. The second-order valence-corrected chi connectivity index (χ2v) is 7.33. The monoisotopic (exact) mass is 429 g/mol. The van der Waals surface area contributed by atoms with E-state index >= 15 is 0 Å². The van der Waals surface area contributed by atoms with Crippen LogP contribution in [0.15, 0.2) is 83.0 Å². The number of phenols is 1. The third kappa shape index (κ3) is 4.32. The van der Waals surface area contributed by atoms with Gasteiger partial charge in [-0.1, -0.05) is 48.5 Å². The molecule has 0 atom stereocenters. The first-order chi connectivity index (χ1) is 15.6. The average Bonchev–Trinajstić information content (AvgIpc) is 3.07. The van der Waals surface area contributed by atoms with Crippen LogP contribution in [0.1, 0.15) is 22.3 Å². The molecule has 0 bridgehead atoms. The number of aromatic hydroxyl groups is 2. The number of carbonyl (C=O) groups is 1. The van der Waals surface area contributed by atoms with E-state index in [1.165, 1.54) is 12.1 Å². The van der Waals surface area contributed by atoms with E-state index in [0.29, 0.717) is 25.0 Å². The molecule has 162 valence electrons. The van der Waals surface area contributed by atoms with Crippen molar-refractivity contribution in [3.63, 3.8) is 0 Å². The van der Waals surface area contributed by atoms with Gasteiger partial charge in [0.15, 0.2) is 5.69 Å². The summed E-state index contributed by atoms with van der Waals surface area (Å²) in [7, 11) is 0. The fourth-order valence-corrected chi connectivity index (χ4v) is 3.52. The molecule has 0 unspecified atom stereocenters. The topological polar surface area (TPSA) is 96.4 Å². The highest BCUT2D eigenvalue weighted by Crippen LogP contribution is 2.39. The van der Waals surface area contributed by atoms with Gasteiger partial charge in [0.1, 0.15) is 11.5 Å². The van der Waals surface area contributed by atoms with Crippen LogP contribution in [0.2, 0.25) is 0 Å². The number of rotatable bonds is 7. The van der Waals surface area contributed by atoms with E-state index in [9.17, 15) is 15.0 Å². The van der Waals surface area contributed by atoms with Gasteiger partial charge in [0.25, 0.3) is 5.91 Å². The Morgan fingerprint density at radius 2 is 1.69 bits per heavy atom. The maximum absolute atomic E-state index is 12.3. The van der Waals surface area contributed by atoms with Crippen molar-refractivity contribution in [2.75, 3.05) is 6.61 Å². The molecule has 0 aliphatic heterocycles. The third-order valence-electron chi connectivity index (χ3n) is 5.17. The summed E-state index contributed by atoms with van der Waals surface area (Å²) in [5.74, 6) is -0.0927. The summed E-state index contributed by atoms with van der Waals surface area (Å²) in [5, 5.41) is 29.1. The summed E-state index contributed by atoms with van der Waals surface area (Å²) in [4.78, 5) is 12.3. The molecule has 0 fully saturated rings. The molecule has 7 heteroatoms. The summed E-state index contributed by atoms with van der Waals surface area (Å²) in [6.45, 7) is 2.98. The Morgan fingerprint density at radius 3 is 2.50 bits per heavy atom. The van der Waals surface area contributed by atoms with Crippen molar-refractivity contribution >= 4 is 22.5 Å². The van der Waals surface area contributed by atoms with Gasteiger partial charge in [-0.25, -0.2) is 0 Å². The molecule has 0 radical (unpaired) electrons. The largest absolute Gasteiger partial charge is 0.507 e. The fourth-order valence-electron chi connectivity index (χ4n) is 3.52. The highest BCUT2D eigenvalue weighted by atomic mass is 16.5. The van der Waals surface area contributed by atoms with Crippen LogP contribution in [-0.4, -0.2) is 27.3 Å². The maximum atomic E-state index is 12.3. The number of phenolic OH excluding ortho intramolecular Hbond substituents is 1. The van der Waals surface area contributed by atoms with E-state index < -0.39 is 5.91 Å². The minimum atomic E-state index is -0.689. The SMILES string of the molecule is Cc1ccccc1OCCCn1c(O)c(N=NC(=O)c2ccccc2O)c2ccccc21. The molecular weight excluding hydrogens is 406 g/mol. The van der Waals surface area contributed by atoms with Gasteiger partial charge in [0, 0.05) is 11.9 Å². The average molecular weight is 429 g/mol. The summed E-state index contributed by atoms with van der Waals surface area (Å²) in [5.41, 5.74) is 2.11. The Hall–Kier alpha value is -4.13. The van der Waals surface area contributed by atoms with Crippen LogP contribution in [0.25, 0.3) is 10.9 Å². The Labute approximate surface area is 185 Å². The number of azo groups is 1. The summed E-state index contributed by atoms with van der Waals surface area (Å²) in [6, 6.07) is 21.3. The van der Waals surface area contributed by atoms with Crippen LogP contribution < -0.4 is 4.74 Å². The van der Waals surface area contributed by atoms with Gasteiger partial charge in [-0.05, 0) is 43.2 Å². The lowest BCUT2D eigenvalue weighted by Crippen LogP contribution is -2.04. The zero-order valence-corrected chi connectivity index (χ0v) is 17.6. The van der Waals surface area contributed by atoms with E-state index in [-0.39, 0.29) is 22.9 Å². The standard InChI is InChI=1S/C25H23N3O4/c1-17-9-2-7-14-22(17)32-16-8-15-28-20-12-5-3-10-18(20)23(25(28)31)26-27-24(30)19-11-4-6-13-21(19)29/h2-7,9-14,29,31H,8,15-16H2,1H3. The molecule has 1 heterocycles. The molecular formula is C25H23N3O4. The molecule has 3 aromatic carbocycles. The number of carbonyl (C=O) groups excluding carboxylic acids is 1. The van der Waals surface area contributed by atoms with Crippen molar-refractivity contribution in [2.45, 2.75) is 19.9 Å².